The second-order valence-corrected chi connectivity index (χ2v) is 10.4. The Kier molecular flexibility index (Phi) is 9.94. The van der Waals surface area contributed by atoms with Gasteiger partial charge < -0.3 is 16.9 Å². The number of allylic oxidation sites excluding steroid dienone is 1. The number of amides is 1. The van der Waals surface area contributed by atoms with Crippen LogP contribution in [0.2, 0.25) is 0 Å². The Morgan fingerprint density at radius 3 is 2.42 bits per heavy atom. The van der Waals surface area contributed by atoms with E-state index >= 15 is 0 Å². The maximum absolute atomic E-state index is 12.5. The number of hydrogen-bond donors (Lipinski definition) is 7. The van der Waals surface area contributed by atoms with E-state index in [1.54, 1.807) is 0 Å². The molecule has 10 N–H and O–H groups in total. The van der Waals surface area contributed by atoms with Crippen LogP contribution in [-0.2, 0) is 4.79 Å². The summed E-state index contributed by atoms with van der Waals surface area (Å²) in [4.78, 5) is 12.5. The van der Waals surface area contributed by atoms with Crippen LogP contribution in [0.1, 0.15) is 52.9 Å². The van der Waals surface area contributed by atoms with Crippen LogP contribution in [0.5, 0.6) is 0 Å². The molecule has 1 amide bonds. The number of nitrogens with two attached hydrogens (primary N) is 3. The Morgan fingerprint density at radius 2 is 1.90 bits per heavy atom. The first-order valence-electron chi connectivity index (χ1n) is 10.7. The monoisotopic (exact) mass is 477 g/mol. The number of hydrogen-bond acceptors (Lipinski definition) is 8. The molecule has 0 aromatic heterocycles. The molecule has 31 heavy (non-hydrogen) atoms. The van der Waals surface area contributed by atoms with Crippen molar-refractivity contribution in [1.29, 1.82) is 0 Å². The van der Waals surface area contributed by atoms with Gasteiger partial charge in [0.05, 0.1) is 0 Å². The highest BCUT2D eigenvalue weighted by Gasteiger charge is 2.39. The zero-order valence-electron chi connectivity index (χ0n) is 18.4. The molecule has 0 saturated heterocycles. The van der Waals surface area contributed by atoms with E-state index in [9.17, 15) is 4.79 Å². The van der Waals surface area contributed by atoms with Crippen molar-refractivity contribution in [3.05, 3.63) is 11.1 Å². The highest BCUT2D eigenvalue weighted by Crippen LogP contribution is 2.44. The molecule has 2 aliphatic rings. The van der Waals surface area contributed by atoms with E-state index in [0.29, 0.717) is 12.3 Å². The molecule has 2 aliphatic carbocycles. The number of alkyl halides is 1. The van der Waals surface area contributed by atoms with Crippen molar-refractivity contribution in [2.75, 3.05) is 0 Å². The third-order valence-electron chi connectivity index (χ3n) is 5.77. The van der Waals surface area contributed by atoms with Crippen LogP contribution in [0.15, 0.2) is 21.4 Å². The first-order valence-corrected chi connectivity index (χ1v) is 11.5. The maximum atomic E-state index is 12.5. The Labute approximate surface area is 194 Å². The van der Waals surface area contributed by atoms with Crippen LogP contribution in [0.25, 0.3) is 0 Å². The molecule has 0 aromatic rings. The van der Waals surface area contributed by atoms with Crippen molar-refractivity contribution in [3.63, 3.8) is 0 Å². The highest BCUT2D eigenvalue weighted by molar-refractivity contribution is 6.31. The second-order valence-electron chi connectivity index (χ2n) is 9.40. The van der Waals surface area contributed by atoms with Crippen LogP contribution in [0, 0.1) is 17.8 Å². The number of halogens is 2. The fourth-order valence-electron chi connectivity index (χ4n) is 4.41. The topological polar surface area (TPSA) is 168 Å². The molecule has 1 saturated carbocycles. The predicted octanol–water partition coefficient (Wildman–Crippen LogP) is 1.32. The minimum Gasteiger partial charge on any atom is -0.351 e. The number of carbonyl (C=O) groups is 1. The van der Waals surface area contributed by atoms with E-state index < -0.39 is 12.6 Å². The Bertz CT molecular complexity index is 647. The Hall–Kier alpha value is -1.01. The van der Waals surface area contributed by atoms with Gasteiger partial charge in [0.15, 0.2) is 6.29 Å². The lowest BCUT2D eigenvalue weighted by atomic mass is 9.72. The van der Waals surface area contributed by atoms with Crippen LogP contribution >= 0.6 is 23.2 Å². The summed E-state index contributed by atoms with van der Waals surface area (Å²) in [5.74, 6) is 11.0. The molecule has 5 unspecified atom stereocenters. The van der Waals surface area contributed by atoms with Crippen LogP contribution in [0.4, 0.5) is 0 Å². The minimum atomic E-state index is -0.722. The molecule has 10 nitrogen and oxygen atoms in total. The standard InChI is InChI=1S/C19H37Cl2N9O/c1-19(2,3)27-16(31)11-6-4-10(5-7-11)15-13(20)8-12(9-14(15)21)25-17(22)26-18(28-23)29-30-24/h8,10-12,14-15,17-18,25-26,28H,4-7,9,22-23H2,1-3H3,(H2,24,29)(H,27,31). The summed E-state index contributed by atoms with van der Waals surface area (Å²) in [6, 6.07) is -0.101. The quantitative estimate of drug-likeness (QED) is 0.0907. The SMILES string of the molecule is CC(C)(C)NC(=O)C1CCC(C2C(Cl)=CC(NC(N)NC(N=NN)NN)CC2Cl)CC1. The maximum Gasteiger partial charge on any atom is 0.223 e. The zero-order chi connectivity index (χ0) is 23.2. The predicted molar refractivity (Wildman–Crippen MR) is 123 cm³/mol. The summed E-state index contributed by atoms with van der Waals surface area (Å²) in [5, 5.41) is 16.6. The van der Waals surface area contributed by atoms with E-state index in [1.807, 2.05) is 26.8 Å². The number of hydrazine groups is 1. The summed E-state index contributed by atoms with van der Waals surface area (Å²) in [6.45, 7) is 6.01. The van der Waals surface area contributed by atoms with Gasteiger partial charge in [-0.25, -0.2) is 5.43 Å². The number of rotatable bonds is 8. The number of nitrogens with zero attached hydrogens (tertiary/aromatic N) is 2. The molecule has 0 radical (unpaired) electrons. The van der Waals surface area contributed by atoms with Gasteiger partial charge >= 0.3 is 0 Å². The summed E-state index contributed by atoms with van der Waals surface area (Å²) < 4.78 is 0. The van der Waals surface area contributed by atoms with E-state index in [2.05, 4.69) is 31.7 Å². The zero-order valence-corrected chi connectivity index (χ0v) is 20.0. The van der Waals surface area contributed by atoms with Gasteiger partial charge in [-0.3, -0.25) is 21.3 Å². The smallest absolute Gasteiger partial charge is 0.223 e. The summed E-state index contributed by atoms with van der Waals surface area (Å²) >= 11 is 13.4. The number of nitrogens with one attached hydrogen (secondary N) is 4. The average molecular weight is 478 g/mol. The van der Waals surface area contributed by atoms with Gasteiger partial charge in [-0.2, -0.15) is 0 Å². The Morgan fingerprint density at radius 1 is 1.26 bits per heavy atom. The minimum absolute atomic E-state index is 0.0591. The summed E-state index contributed by atoms with van der Waals surface area (Å²) in [7, 11) is 0. The molecule has 0 spiro atoms. The highest BCUT2D eigenvalue weighted by atomic mass is 35.5. The lowest BCUT2D eigenvalue weighted by Gasteiger charge is -2.40. The van der Waals surface area contributed by atoms with E-state index in [0.717, 1.165) is 30.7 Å². The van der Waals surface area contributed by atoms with Gasteiger partial charge in [0.2, 0.25) is 5.91 Å². The van der Waals surface area contributed by atoms with Crippen molar-refractivity contribution in [2.24, 2.45) is 45.5 Å². The molecule has 0 aromatic carbocycles. The van der Waals surface area contributed by atoms with E-state index in [-0.39, 0.29) is 34.7 Å². The molecule has 5 atom stereocenters. The fraction of sp³-hybridized carbons (Fsp3) is 0.842. The van der Waals surface area contributed by atoms with Gasteiger partial charge in [-0.15, -0.1) is 16.7 Å². The molecule has 0 aliphatic heterocycles. The van der Waals surface area contributed by atoms with Crippen molar-refractivity contribution in [2.45, 2.75) is 82.4 Å². The largest absolute Gasteiger partial charge is 0.351 e. The molecule has 0 heterocycles. The lowest BCUT2D eigenvalue weighted by Crippen LogP contribution is -2.60. The molecular weight excluding hydrogens is 441 g/mol. The first kappa shape index (κ1) is 26.2. The third-order valence-corrected chi connectivity index (χ3v) is 6.59. The summed E-state index contributed by atoms with van der Waals surface area (Å²) in [5.41, 5.74) is 8.24. The molecule has 12 heteroatoms. The molecule has 1 fully saturated rings. The first-order chi connectivity index (χ1) is 14.5. The molecule has 0 bridgehead atoms. The van der Waals surface area contributed by atoms with Crippen molar-refractivity contribution in [1.82, 2.24) is 21.4 Å². The van der Waals surface area contributed by atoms with Gasteiger partial charge in [0, 0.05) is 33.8 Å². The number of carbonyl (C=O) groups excluding carboxylic acids is 1. The average Bonchev–Trinajstić information content (AvgIpc) is 2.66. The van der Waals surface area contributed by atoms with E-state index in [4.69, 9.17) is 40.6 Å². The van der Waals surface area contributed by atoms with Gasteiger partial charge in [0.1, 0.15) is 6.29 Å². The Balaban J connectivity index is 1.90. The third kappa shape index (κ3) is 8.12. The van der Waals surface area contributed by atoms with Crippen molar-refractivity contribution in [3.8, 4) is 0 Å². The van der Waals surface area contributed by atoms with Crippen LogP contribution in [0.3, 0.4) is 0 Å². The molecule has 178 valence electrons. The van der Waals surface area contributed by atoms with Crippen molar-refractivity contribution < 1.29 is 4.79 Å². The molecule has 2 rings (SSSR count). The van der Waals surface area contributed by atoms with E-state index in [1.165, 1.54) is 0 Å². The second kappa shape index (κ2) is 11.7. The molecular formula is C19H37Cl2N9O. The van der Waals surface area contributed by atoms with Crippen molar-refractivity contribution >= 4 is 29.1 Å². The van der Waals surface area contributed by atoms with Gasteiger partial charge in [-0.1, -0.05) is 22.9 Å². The van der Waals surface area contributed by atoms with Gasteiger partial charge in [-0.05, 0) is 58.8 Å². The van der Waals surface area contributed by atoms with Crippen LogP contribution in [-0.4, -0.2) is 35.4 Å². The lowest BCUT2D eigenvalue weighted by molar-refractivity contribution is -0.127. The fourth-order valence-corrected chi connectivity index (χ4v) is 5.49. The summed E-state index contributed by atoms with van der Waals surface area (Å²) in [6.07, 6.45) is 4.89. The van der Waals surface area contributed by atoms with Crippen LogP contribution < -0.4 is 38.8 Å². The van der Waals surface area contributed by atoms with Gasteiger partial charge in [0.25, 0.3) is 0 Å². The normalized spacial score (nSPS) is 31.8.